The summed E-state index contributed by atoms with van der Waals surface area (Å²) in [5.41, 5.74) is 0.772. The highest BCUT2D eigenvalue weighted by molar-refractivity contribution is 7.89. The Hall–Kier alpha value is -2.25. The van der Waals surface area contributed by atoms with Crippen molar-refractivity contribution in [2.45, 2.75) is 50.6 Å². The molecular weight excluding hydrogens is 379 g/mol. The van der Waals surface area contributed by atoms with E-state index in [9.17, 15) is 17.6 Å². The molecule has 2 aromatic rings. The normalized spacial score (nSPS) is 12.0. The third-order valence-corrected chi connectivity index (χ3v) is 5.87. The molecule has 0 radical (unpaired) electrons. The standard InChI is InChI=1S/C21H27FN2O3S/c1-21(2,3)23-28(26,27)18-12-9-16(10-13-18)11-14-20(25)24(4)15-17-7-5-6-8-19(17)22/h5-10,12-13,23H,11,14-15H2,1-4H3. The zero-order valence-corrected chi connectivity index (χ0v) is 17.5. The number of benzene rings is 2. The minimum Gasteiger partial charge on any atom is -0.341 e. The number of carbonyl (C=O) groups is 1. The molecule has 0 aliphatic heterocycles. The van der Waals surface area contributed by atoms with Crippen LogP contribution in [0.3, 0.4) is 0 Å². The van der Waals surface area contributed by atoms with E-state index in [1.165, 1.54) is 23.1 Å². The summed E-state index contributed by atoms with van der Waals surface area (Å²) in [5, 5.41) is 0. The van der Waals surface area contributed by atoms with E-state index in [1.54, 1.807) is 58.2 Å². The first-order valence-corrected chi connectivity index (χ1v) is 10.6. The van der Waals surface area contributed by atoms with Gasteiger partial charge in [0.25, 0.3) is 0 Å². The van der Waals surface area contributed by atoms with Gasteiger partial charge in [-0.3, -0.25) is 4.79 Å². The number of halogens is 1. The van der Waals surface area contributed by atoms with Crippen molar-refractivity contribution in [3.8, 4) is 0 Å². The number of hydrogen-bond donors (Lipinski definition) is 1. The lowest BCUT2D eigenvalue weighted by atomic mass is 10.1. The molecule has 0 unspecified atom stereocenters. The van der Waals surface area contributed by atoms with Gasteiger partial charge in [-0.15, -0.1) is 0 Å². The van der Waals surface area contributed by atoms with Gasteiger partial charge in [-0.25, -0.2) is 17.5 Å². The van der Waals surface area contributed by atoms with Gasteiger partial charge in [0.2, 0.25) is 15.9 Å². The maximum atomic E-state index is 13.7. The molecule has 0 saturated heterocycles. The SMILES string of the molecule is CN(Cc1ccccc1F)C(=O)CCc1ccc(S(=O)(=O)NC(C)(C)C)cc1. The van der Waals surface area contributed by atoms with E-state index in [4.69, 9.17) is 0 Å². The van der Waals surface area contributed by atoms with E-state index >= 15 is 0 Å². The average molecular weight is 407 g/mol. The molecule has 1 amide bonds. The highest BCUT2D eigenvalue weighted by Crippen LogP contribution is 2.15. The van der Waals surface area contributed by atoms with Crippen molar-refractivity contribution < 1.29 is 17.6 Å². The summed E-state index contributed by atoms with van der Waals surface area (Å²) in [5.74, 6) is -0.433. The van der Waals surface area contributed by atoms with Crippen LogP contribution in [-0.2, 0) is 27.8 Å². The topological polar surface area (TPSA) is 66.5 Å². The van der Waals surface area contributed by atoms with Crippen LogP contribution in [0.25, 0.3) is 0 Å². The van der Waals surface area contributed by atoms with Crippen molar-refractivity contribution in [1.82, 2.24) is 9.62 Å². The van der Waals surface area contributed by atoms with E-state index in [1.807, 2.05) is 0 Å². The molecule has 0 bridgehead atoms. The fourth-order valence-corrected chi connectivity index (χ4v) is 4.13. The smallest absolute Gasteiger partial charge is 0.241 e. The Morgan fingerprint density at radius 3 is 2.25 bits per heavy atom. The number of hydrogen-bond acceptors (Lipinski definition) is 3. The molecule has 0 saturated carbocycles. The molecular formula is C21H27FN2O3S. The summed E-state index contributed by atoms with van der Waals surface area (Å²) < 4.78 is 40.9. The predicted molar refractivity (Wildman–Crippen MR) is 108 cm³/mol. The van der Waals surface area contributed by atoms with Gasteiger partial charge in [0, 0.05) is 31.1 Å². The molecule has 28 heavy (non-hydrogen) atoms. The molecule has 0 spiro atoms. The zero-order chi connectivity index (χ0) is 20.9. The first-order chi connectivity index (χ1) is 13.0. The van der Waals surface area contributed by atoms with Gasteiger partial charge in [0.15, 0.2) is 0 Å². The molecule has 152 valence electrons. The fraction of sp³-hybridized carbons (Fsp3) is 0.381. The van der Waals surface area contributed by atoms with E-state index in [0.717, 1.165) is 5.56 Å². The highest BCUT2D eigenvalue weighted by atomic mass is 32.2. The van der Waals surface area contributed by atoms with E-state index < -0.39 is 15.6 Å². The van der Waals surface area contributed by atoms with Crippen LogP contribution < -0.4 is 4.72 Å². The predicted octanol–water partition coefficient (Wildman–Crippen LogP) is 3.49. The molecule has 1 N–H and O–H groups in total. The fourth-order valence-electron chi connectivity index (χ4n) is 2.71. The van der Waals surface area contributed by atoms with Crippen LogP contribution in [0.15, 0.2) is 53.4 Å². The molecule has 0 fully saturated rings. The number of rotatable bonds is 7. The summed E-state index contributed by atoms with van der Waals surface area (Å²) in [7, 11) is -1.94. The summed E-state index contributed by atoms with van der Waals surface area (Å²) in [4.78, 5) is 14.0. The number of nitrogens with one attached hydrogen (secondary N) is 1. The van der Waals surface area contributed by atoms with Crippen molar-refractivity contribution in [1.29, 1.82) is 0 Å². The van der Waals surface area contributed by atoms with Gasteiger partial charge in [0.05, 0.1) is 4.90 Å². The summed E-state index contributed by atoms with van der Waals surface area (Å²) in [6, 6.07) is 12.9. The second kappa shape index (κ2) is 8.84. The number of carbonyl (C=O) groups excluding carboxylic acids is 1. The van der Waals surface area contributed by atoms with Gasteiger partial charge in [-0.2, -0.15) is 0 Å². The quantitative estimate of drug-likeness (QED) is 0.765. The van der Waals surface area contributed by atoms with Gasteiger partial charge < -0.3 is 4.90 Å². The molecule has 0 atom stereocenters. The van der Waals surface area contributed by atoms with Crippen LogP contribution in [0.1, 0.15) is 38.3 Å². The molecule has 0 aromatic heterocycles. The van der Waals surface area contributed by atoms with Crippen LogP contribution >= 0.6 is 0 Å². The average Bonchev–Trinajstić information content (AvgIpc) is 2.60. The number of aryl methyl sites for hydroxylation is 1. The van der Waals surface area contributed by atoms with E-state index in [-0.39, 0.29) is 29.6 Å². The van der Waals surface area contributed by atoms with Crippen LogP contribution in [0.4, 0.5) is 4.39 Å². The molecule has 5 nitrogen and oxygen atoms in total. The Morgan fingerprint density at radius 1 is 1.07 bits per heavy atom. The van der Waals surface area contributed by atoms with Crippen LogP contribution in [-0.4, -0.2) is 31.8 Å². The molecule has 2 rings (SSSR count). The van der Waals surface area contributed by atoms with Gasteiger partial charge in [-0.1, -0.05) is 30.3 Å². The Balaban J connectivity index is 1.94. The Bertz CT molecular complexity index is 919. The van der Waals surface area contributed by atoms with Gasteiger partial charge in [0.1, 0.15) is 5.82 Å². The number of nitrogens with zero attached hydrogens (tertiary/aromatic N) is 1. The molecule has 2 aromatic carbocycles. The molecule has 0 heterocycles. The Morgan fingerprint density at radius 2 is 1.68 bits per heavy atom. The van der Waals surface area contributed by atoms with Crippen LogP contribution in [0.2, 0.25) is 0 Å². The van der Waals surface area contributed by atoms with Crippen molar-refractivity contribution in [2.75, 3.05) is 7.05 Å². The lowest BCUT2D eigenvalue weighted by Gasteiger charge is -2.20. The maximum absolute atomic E-state index is 13.7. The van der Waals surface area contributed by atoms with Gasteiger partial charge in [-0.05, 0) is 51.0 Å². The maximum Gasteiger partial charge on any atom is 0.241 e. The minimum atomic E-state index is -3.58. The number of amides is 1. The number of sulfonamides is 1. The first-order valence-electron chi connectivity index (χ1n) is 9.08. The Labute approximate surface area is 166 Å². The van der Waals surface area contributed by atoms with Crippen LogP contribution in [0.5, 0.6) is 0 Å². The van der Waals surface area contributed by atoms with E-state index in [0.29, 0.717) is 12.0 Å². The van der Waals surface area contributed by atoms with Crippen molar-refractivity contribution in [2.24, 2.45) is 0 Å². The molecule has 7 heteroatoms. The second-order valence-electron chi connectivity index (χ2n) is 7.84. The minimum absolute atomic E-state index is 0.102. The van der Waals surface area contributed by atoms with Crippen molar-refractivity contribution >= 4 is 15.9 Å². The van der Waals surface area contributed by atoms with E-state index in [2.05, 4.69) is 4.72 Å². The largest absolute Gasteiger partial charge is 0.341 e. The third-order valence-electron chi connectivity index (χ3n) is 4.09. The summed E-state index contributed by atoms with van der Waals surface area (Å²) in [6.07, 6.45) is 0.741. The third kappa shape index (κ3) is 6.42. The lowest BCUT2D eigenvalue weighted by Crippen LogP contribution is -2.40. The molecule has 0 aliphatic carbocycles. The lowest BCUT2D eigenvalue weighted by molar-refractivity contribution is -0.130. The van der Waals surface area contributed by atoms with Gasteiger partial charge >= 0.3 is 0 Å². The van der Waals surface area contributed by atoms with Crippen molar-refractivity contribution in [3.63, 3.8) is 0 Å². The second-order valence-corrected chi connectivity index (χ2v) is 9.52. The van der Waals surface area contributed by atoms with Crippen LogP contribution in [0, 0.1) is 5.82 Å². The highest BCUT2D eigenvalue weighted by Gasteiger charge is 2.21. The summed E-state index contributed by atoms with van der Waals surface area (Å²) in [6.45, 7) is 5.55. The monoisotopic (exact) mass is 406 g/mol. The van der Waals surface area contributed by atoms with Crippen molar-refractivity contribution in [3.05, 3.63) is 65.5 Å². The first kappa shape index (κ1) is 22.0. The molecule has 0 aliphatic rings. The Kier molecular flexibility index (Phi) is 6.96. The zero-order valence-electron chi connectivity index (χ0n) is 16.7. The summed E-state index contributed by atoms with van der Waals surface area (Å²) >= 11 is 0.